The topological polar surface area (TPSA) is 61.1 Å². The number of nitrogens with zero attached hydrogens (tertiary/aromatic N) is 1. The fourth-order valence-corrected chi connectivity index (χ4v) is 0.901. The number of nitriles is 1. The second-order valence-electron chi connectivity index (χ2n) is 3.31. The summed E-state index contributed by atoms with van der Waals surface area (Å²) >= 11 is 0. The summed E-state index contributed by atoms with van der Waals surface area (Å²) in [5.41, 5.74) is -0.431. The summed E-state index contributed by atoms with van der Waals surface area (Å²) in [7, 11) is 0. The first kappa shape index (κ1) is 16.1. The van der Waals surface area contributed by atoms with Gasteiger partial charge in [0.2, 0.25) is 0 Å². The zero-order valence-corrected chi connectivity index (χ0v) is 9.75. The van der Waals surface area contributed by atoms with E-state index in [1.807, 2.05) is 0 Å². The van der Waals surface area contributed by atoms with Gasteiger partial charge < -0.3 is 5.11 Å². The second kappa shape index (κ2) is 12.7. The Kier molecular flexibility index (Phi) is 13.7. The molecule has 0 aromatic carbocycles. The number of rotatable bonds is 6. The van der Waals surface area contributed by atoms with E-state index in [1.165, 1.54) is 44.6 Å². The maximum absolute atomic E-state index is 9.61. The van der Waals surface area contributed by atoms with Gasteiger partial charge in [-0.25, -0.2) is 4.79 Å². The lowest BCUT2D eigenvalue weighted by Crippen LogP contribution is -1.94. The van der Waals surface area contributed by atoms with Crippen molar-refractivity contribution >= 4 is 5.97 Å². The van der Waals surface area contributed by atoms with Crippen molar-refractivity contribution < 1.29 is 9.90 Å². The lowest BCUT2D eigenvalue weighted by molar-refractivity contribution is -0.132. The average Bonchev–Trinajstić information content (AvgIpc) is 2.24. The van der Waals surface area contributed by atoms with Crippen LogP contribution in [0.15, 0.2) is 12.2 Å². The Hall–Kier alpha value is -1.30. The normalized spacial score (nSPS) is 8.33. The lowest BCUT2D eigenvalue weighted by Gasteiger charge is -1.93. The molecule has 0 saturated carbocycles. The molecule has 1 N–H and O–H groups in total. The number of carbonyl (C=O) groups is 1. The van der Waals surface area contributed by atoms with Crippen LogP contribution in [0.4, 0.5) is 0 Å². The Morgan fingerprint density at radius 1 is 1.20 bits per heavy atom. The minimum atomic E-state index is -1.26. The molecule has 0 aromatic rings. The van der Waals surface area contributed by atoms with Gasteiger partial charge in [0, 0.05) is 0 Å². The highest BCUT2D eigenvalue weighted by molar-refractivity contribution is 5.90. The highest BCUT2D eigenvalue weighted by Gasteiger charge is 1.97. The van der Waals surface area contributed by atoms with Crippen molar-refractivity contribution in [3.8, 4) is 6.07 Å². The van der Waals surface area contributed by atoms with Gasteiger partial charge in [-0.3, -0.25) is 0 Å². The molecule has 0 rings (SSSR count). The quantitative estimate of drug-likeness (QED) is 0.415. The second-order valence-corrected chi connectivity index (χ2v) is 3.31. The van der Waals surface area contributed by atoms with Gasteiger partial charge in [-0.15, -0.1) is 0 Å². The molecule has 0 aliphatic carbocycles. The predicted octanol–water partition coefficient (Wildman–Crippen LogP) is 3.52. The largest absolute Gasteiger partial charge is 0.477 e. The standard InChI is InChI=1S/C8H18.C4H3NO2/c1-3-5-7-8-6-4-2;1-3(2-5)4(6)7/h3-8H2,1-2H3;1H2,(H,6,7). The molecular weight excluding hydrogens is 190 g/mol. The van der Waals surface area contributed by atoms with Crippen molar-refractivity contribution in [1.82, 2.24) is 0 Å². The number of hydrogen-bond acceptors (Lipinski definition) is 2. The summed E-state index contributed by atoms with van der Waals surface area (Å²) < 4.78 is 0. The maximum atomic E-state index is 9.61. The highest BCUT2D eigenvalue weighted by atomic mass is 16.4. The predicted molar refractivity (Wildman–Crippen MR) is 61.4 cm³/mol. The van der Waals surface area contributed by atoms with E-state index >= 15 is 0 Å². The van der Waals surface area contributed by atoms with Crippen LogP contribution in [0.25, 0.3) is 0 Å². The Bertz CT molecular complexity index is 210. The molecule has 0 bridgehead atoms. The smallest absolute Gasteiger partial charge is 0.345 e. The van der Waals surface area contributed by atoms with Crippen LogP contribution < -0.4 is 0 Å². The first-order valence-corrected chi connectivity index (χ1v) is 5.42. The number of hydrogen-bond donors (Lipinski definition) is 1. The van der Waals surface area contributed by atoms with Crippen LogP contribution in [-0.2, 0) is 4.79 Å². The van der Waals surface area contributed by atoms with E-state index < -0.39 is 11.5 Å². The Morgan fingerprint density at radius 2 is 1.60 bits per heavy atom. The van der Waals surface area contributed by atoms with E-state index in [0.717, 1.165) is 0 Å². The van der Waals surface area contributed by atoms with Gasteiger partial charge in [-0.2, -0.15) is 5.26 Å². The summed E-state index contributed by atoms with van der Waals surface area (Å²) in [6, 6.07) is 1.37. The van der Waals surface area contributed by atoms with Crippen molar-refractivity contribution in [3.05, 3.63) is 12.2 Å². The van der Waals surface area contributed by atoms with Crippen molar-refractivity contribution in [1.29, 1.82) is 5.26 Å². The molecular formula is C12H21NO2. The zero-order valence-electron chi connectivity index (χ0n) is 9.75. The fourth-order valence-electron chi connectivity index (χ4n) is 0.901. The van der Waals surface area contributed by atoms with Crippen LogP contribution in [0.3, 0.4) is 0 Å². The average molecular weight is 211 g/mol. The van der Waals surface area contributed by atoms with Crippen molar-refractivity contribution in [3.63, 3.8) is 0 Å². The van der Waals surface area contributed by atoms with Gasteiger partial charge in [0.25, 0.3) is 0 Å². The van der Waals surface area contributed by atoms with Crippen molar-refractivity contribution in [2.24, 2.45) is 0 Å². The molecule has 3 heteroatoms. The molecule has 0 atom stereocenters. The molecule has 0 heterocycles. The SMILES string of the molecule is C=C(C#N)C(=O)O.CCCCCCCC. The molecule has 0 aromatic heterocycles. The minimum Gasteiger partial charge on any atom is -0.477 e. The summed E-state index contributed by atoms with van der Waals surface area (Å²) in [6.45, 7) is 7.42. The molecule has 0 aliphatic rings. The molecule has 0 spiro atoms. The molecule has 15 heavy (non-hydrogen) atoms. The van der Waals surface area contributed by atoms with Gasteiger partial charge in [0.05, 0.1) is 0 Å². The summed E-state index contributed by atoms with van der Waals surface area (Å²) in [5.74, 6) is -1.26. The van der Waals surface area contributed by atoms with Gasteiger partial charge in [-0.05, 0) is 0 Å². The Labute approximate surface area is 92.4 Å². The van der Waals surface area contributed by atoms with E-state index in [-0.39, 0.29) is 0 Å². The zero-order chi connectivity index (χ0) is 12.1. The monoisotopic (exact) mass is 211 g/mol. The highest BCUT2D eigenvalue weighted by Crippen LogP contribution is 2.03. The first-order valence-electron chi connectivity index (χ1n) is 5.42. The molecule has 0 aliphatic heterocycles. The molecule has 86 valence electrons. The molecule has 0 fully saturated rings. The molecule has 0 amide bonds. The summed E-state index contributed by atoms with van der Waals surface area (Å²) in [4.78, 5) is 9.61. The van der Waals surface area contributed by atoms with Crippen LogP contribution in [0.2, 0.25) is 0 Å². The third-order valence-corrected chi connectivity index (χ3v) is 1.85. The molecule has 3 nitrogen and oxygen atoms in total. The van der Waals surface area contributed by atoms with Crippen LogP contribution in [-0.4, -0.2) is 11.1 Å². The van der Waals surface area contributed by atoms with E-state index in [2.05, 4.69) is 20.4 Å². The molecule has 0 unspecified atom stereocenters. The van der Waals surface area contributed by atoms with Crippen LogP contribution in [0, 0.1) is 11.3 Å². The molecule has 0 saturated heterocycles. The van der Waals surface area contributed by atoms with Gasteiger partial charge >= 0.3 is 5.97 Å². The molecule has 0 radical (unpaired) electrons. The lowest BCUT2D eigenvalue weighted by atomic mass is 10.1. The summed E-state index contributed by atoms with van der Waals surface area (Å²) in [5, 5.41) is 15.6. The van der Waals surface area contributed by atoms with Gasteiger partial charge in [0.1, 0.15) is 11.6 Å². The van der Waals surface area contributed by atoms with Crippen molar-refractivity contribution in [2.75, 3.05) is 0 Å². The van der Waals surface area contributed by atoms with Gasteiger partial charge in [-0.1, -0.05) is 59.0 Å². The Morgan fingerprint density at radius 3 is 1.73 bits per heavy atom. The number of carboxylic acids is 1. The van der Waals surface area contributed by atoms with Crippen molar-refractivity contribution in [2.45, 2.75) is 52.4 Å². The van der Waals surface area contributed by atoms with E-state index in [0.29, 0.717) is 0 Å². The van der Waals surface area contributed by atoms with Crippen LogP contribution in [0.1, 0.15) is 52.4 Å². The van der Waals surface area contributed by atoms with Crippen LogP contribution in [0.5, 0.6) is 0 Å². The number of aliphatic carboxylic acids is 1. The van der Waals surface area contributed by atoms with E-state index in [4.69, 9.17) is 10.4 Å². The van der Waals surface area contributed by atoms with E-state index in [1.54, 1.807) is 0 Å². The van der Waals surface area contributed by atoms with E-state index in [9.17, 15) is 4.79 Å². The maximum Gasteiger partial charge on any atom is 0.345 e. The minimum absolute atomic E-state index is 0.431. The third-order valence-electron chi connectivity index (χ3n) is 1.85. The Balaban J connectivity index is 0. The third kappa shape index (κ3) is 15.5. The van der Waals surface area contributed by atoms with Gasteiger partial charge in [0.15, 0.2) is 0 Å². The summed E-state index contributed by atoms with van der Waals surface area (Å²) in [6.07, 6.45) is 8.49. The first-order chi connectivity index (χ1) is 7.09. The van der Waals surface area contributed by atoms with Crippen LogP contribution >= 0.6 is 0 Å². The number of carboxylic acid groups (broad SMARTS) is 1. The fraction of sp³-hybridized carbons (Fsp3) is 0.667. The number of unbranched alkanes of at least 4 members (excludes halogenated alkanes) is 5.